The second-order valence-corrected chi connectivity index (χ2v) is 7.60. The Bertz CT molecular complexity index is 794. The maximum Gasteiger partial charge on any atom is 0.303 e. The smallest absolute Gasteiger partial charge is 0.303 e. The van der Waals surface area contributed by atoms with Crippen LogP contribution < -0.4 is 9.47 Å². The van der Waals surface area contributed by atoms with Crippen molar-refractivity contribution in [2.24, 2.45) is 0 Å². The van der Waals surface area contributed by atoms with Crippen molar-refractivity contribution in [3.63, 3.8) is 0 Å². The molecule has 1 aromatic carbocycles. The summed E-state index contributed by atoms with van der Waals surface area (Å²) in [6.07, 6.45) is 2.75. The van der Waals surface area contributed by atoms with Gasteiger partial charge >= 0.3 is 5.97 Å². The number of esters is 1. The fraction of sp³-hybridized carbons (Fsp3) is 0.591. The van der Waals surface area contributed by atoms with Gasteiger partial charge in [0.1, 0.15) is 0 Å². The number of benzene rings is 1. The monoisotopic (exact) mass is 419 g/mol. The first-order chi connectivity index (χ1) is 14.4. The van der Waals surface area contributed by atoms with E-state index in [2.05, 4.69) is 0 Å². The lowest BCUT2D eigenvalue weighted by molar-refractivity contribution is -0.158. The summed E-state index contributed by atoms with van der Waals surface area (Å²) in [5.41, 5.74) is 1.04. The van der Waals surface area contributed by atoms with E-state index in [0.717, 1.165) is 24.8 Å². The summed E-state index contributed by atoms with van der Waals surface area (Å²) in [6.45, 7) is 1.70. The van der Waals surface area contributed by atoms with Crippen LogP contribution in [0.1, 0.15) is 44.6 Å². The number of amides is 2. The Balaban J connectivity index is 1.62. The van der Waals surface area contributed by atoms with Gasteiger partial charge in [-0.15, -0.1) is 0 Å². The maximum atomic E-state index is 12.7. The summed E-state index contributed by atoms with van der Waals surface area (Å²) < 4.78 is 21.7. The average molecular weight is 419 g/mol. The van der Waals surface area contributed by atoms with Gasteiger partial charge < -0.3 is 18.9 Å². The Morgan fingerprint density at radius 1 is 1.10 bits per heavy atom. The van der Waals surface area contributed by atoms with E-state index in [4.69, 9.17) is 18.9 Å². The van der Waals surface area contributed by atoms with Crippen LogP contribution >= 0.6 is 0 Å². The van der Waals surface area contributed by atoms with Crippen molar-refractivity contribution in [3.05, 3.63) is 23.8 Å². The number of carbonyl (C=O) groups is 3. The number of likely N-dealkylation sites (tertiary alicyclic amines) is 1. The van der Waals surface area contributed by atoms with Crippen LogP contribution in [0.5, 0.6) is 11.5 Å². The Hall–Kier alpha value is -2.61. The first-order valence-corrected chi connectivity index (χ1v) is 10.3. The fourth-order valence-corrected chi connectivity index (χ4v) is 4.19. The second-order valence-electron chi connectivity index (χ2n) is 7.60. The molecule has 0 aromatic heterocycles. The summed E-state index contributed by atoms with van der Waals surface area (Å²) in [7, 11) is 3.19. The van der Waals surface area contributed by atoms with E-state index in [-0.39, 0.29) is 24.5 Å². The first kappa shape index (κ1) is 22.1. The second kappa shape index (κ2) is 9.93. The number of ether oxygens (including phenoxy) is 4. The Morgan fingerprint density at radius 3 is 2.53 bits per heavy atom. The van der Waals surface area contributed by atoms with Gasteiger partial charge in [-0.1, -0.05) is 18.9 Å². The lowest BCUT2D eigenvalue weighted by Gasteiger charge is -2.36. The number of nitrogens with zero attached hydrogens (tertiary/aromatic N) is 1. The van der Waals surface area contributed by atoms with Gasteiger partial charge in [0.25, 0.3) is 5.91 Å². The van der Waals surface area contributed by atoms with Gasteiger partial charge in [-0.05, 0) is 37.0 Å². The highest BCUT2D eigenvalue weighted by atomic mass is 16.5. The van der Waals surface area contributed by atoms with Crippen LogP contribution in [0.25, 0.3) is 0 Å². The van der Waals surface area contributed by atoms with Gasteiger partial charge in [0.15, 0.2) is 17.6 Å². The zero-order chi connectivity index (χ0) is 21.7. The van der Waals surface area contributed by atoms with Crippen molar-refractivity contribution < 1.29 is 33.3 Å². The molecule has 30 heavy (non-hydrogen) atoms. The normalized spacial score (nSPS) is 24.1. The number of hydrogen-bond acceptors (Lipinski definition) is 7. The van der Waals surface area contributed by atoms with Gasteiger partial charge in [0.05, 0.1) is 39.4 Å². The Morgan fingerprint density at radius 2 is 1.83 bits per heavy atom. The minimum atomic E-state index is -1.01. The molecule has 2 aliphatic rings. The molecular weight excluding hydrogens is 390 g/mol. The van der Waals surface area contributed by atoms with Crippen molar-refractivity contribution in [1.29, 1.82) is 0 Å². The standard InChI is InChI=1S/C22H29NO7/c1-14(24)30-20-13-21(25)23(22(20)26)16-6-4-5-7-17(16)29-11-10-15-8-9-18(27-2)19(12-15)28-3/h8-9,12,16-17,20H,4-7,10-11,13H2,1-3H3/t16-,17-,20-/m1/s1. The molecule has 2 amide bonds. The largest absolute Gasteiger partial charge is 0.493 e. The third kappa shape index (κ3) is 4.92. The van der Waals surface area contributed by atoms with E-state index in [9.17, 15) is 14.4 Å². The molecule has 164 valence electrons. The summed E-state index contributed by atoms with van der Waals surface area (Å²) in [6, 6.07) is 5.41. The number of methoxy groups -OCH3 is 2. The zero-order valence-corrected chi connectivity index (χ0v) is 17.7. The quantitative estimate of drug-likeness (QED) is 0.471. The molecule has 0 bridgehead atoms. The van der Waals surface area contributed by atoms with Crippen LogP contribution in [-0.2, 0) is 30.3 Å². The van der Waals surface area contributed by atoms with Crippen LogP contribution in [0.4, 0.5) is 0 Å². The van der Waals surface area contributed by atoms with E-state index >= 15 is 0 Å². The van der Waals surface area contributed by atoms with Crippen molar-refractivity contribution in [1.82, 2.24) is 4.90 Å². The molecule has 1 heterocycles. The molecule has 0 spiro atoms. The van der Waals surface area contributed by atoms with Crippen LogP contribution in [0, 0.1) is 0 Å². The van der Waals surface area contributed by atoms with Crippen molar-refractivity contribution in [2.45, 2.75) is 63.7 Å². The molecule has 1 aliphatic carbocycles. The van der Waals surface area contributed by atoms with Crippen LogP contribution in [0.2, 0.25) is 0 Å². The Kier molecular flexibility index (Phi) is 7.31. The maximum absolute atomic E-state index is 12.7. The molecule has 0 N–H and O–H groups in total. The van der Waals surface area contributed by atoms with Crippen molar-refractivity contribution >= 4 is 17.8 Å². The molecule has 0 unspecified atom stereocenters. The molecule has 1 aromatic rings. The molecule has 8 nitrogen and oxygen atoms in total. The molecule has 2 fully saturated rings. The lowest BCUT2D eigenvalue weighted by Crippen LogP contribution is -2.50. The Labute approximate surface area is 176 Å². The minimum absolute atomic E-state index is 0.0900. The van der Waals surface area contributed by atoms with Crippen LogP contribution in [-0.4, -0.2) is 61.8 Å². The summed E-state index contributed by atoms with van der Waals surface area (Å²) >= 11 is 0. The summed E-state index contributed by atoms with van der Waals surface area (Å²) in [5.74, 6) is 0.0369. The number of hydrogen-bond donors (Lipinski definition) is 0. The summed E-state index contributed by atoms with van der Waals surface area (Å²) in [5, 5.41) is 0. The molecule has 3 atom stereocenters. The molecule has 3 rings (SSSR count). The van der Waals surface area contributed by atoms with E-state index in [1.807, 2.05) is 18.2 Å². The van der Waals surface area contributed by atoms with Gasteiger partial charge in [-0.25, -0.2) is 0 Å². The predicted octanol–water partition coefficient (Wildman–Crippen LogP) is 2.26. The predicted molar refractivity (Wildman–Crippen MR) is 107 cm³/mol. The van der Waals surface area contributed by atoms with Crippen molar-refractivity contribution in [3.8, 4) is 11.5 Å². The highest BCUT2D eigenvalue weighted by Crippen LogP contribution is 2.31. The van der Waals surface area contributed by atoms with E-state index in [0.29, 0.717) is 30.9 Å². The molecule has 1 saturated heterocycles. The average Bonchev–Trinajstić information content (AvgIpc) is 3.00. The molecule has 0 radical (unpaired) electrons. The minimum Gasteiger partial charge on any atom is -0.493 e. The van der Waals surface area contributed by atoms with Crippen LogP contribution in [0.3, 0.4) is 0 Å². The highest BCUT2D eigenvalue weighted by molar-refractivity contribution is 6.06. The number of imide groups is 1. The van der Waals surface area contributed by atoms with Crippen LogP contribution in [0.15, 0.2) is 18.2 Å². The van der Waals surface area contributed by atoms with Crippen molar-refractivity contribution in [2.75, 3.05) is 20.8 Å². The fourth-order valence-electron chi connectivity index (χ4n) is 4.19. The number of carbonyl (C=O) groups excluding carboxylic acids is 3. The van der Waals surface area contributed by atoms with E-state index in [1.54, 1.807) is 14.2 Å². The molecule has 1 aliphatic heterocycles. The lowest BCUT2D eigenvalue weighted by atomic mass is 9.91. The van der Waals surface area contributed by atoms with Gasteiger partial charge in [0.2, 0.25) is 5.91 Å². The SMILES string of the molecule is COc1ccc(CCO[C@@H]2CCCC[C@H]2N2C(=O)C[C@@H](OC(C)=O)C2=O)cc1OC. The third-order valence-corrected chi connectivity index (χ3v) is 5.62. The highest BCUT2D eigenvalue weighted by Gasteiger charge is 2.47. The van der Waals surface area contributed by atoms with Gasteiger partial charge in [-0.2, -0.15) is 0 Å². The molecule has 1 saturated carbocycles. The topological polar surface area (TPSA) is 91.4 Å². The van der Waals surface area contributed by atoms with Gasteiger partial charge in [0, 0.05) is 6.92 Å². The first-order valence-electron chi connectivity index (χ1n) is 10.3. The van der Waals surface area contributed by atoms with E-state index < -0.39 is 18.0 Å². The van der Waals surface area contributed by atoms with Gasteiger partial charge in [-0.3, -0.25) is 19.3 Å². The zero-order valence-electron chi connectivity index (χ0n) is 17.7. The number of rotatable bonds is 8. The summed E-state index contributed by atoms with van der Waals surface area (Å²) in [4.78, 5) is 37.6. The van der Waals surface area contributed by atoms with E-state index in [1.165, 1.54) is 11.8 Å². The molecule has 8 heteroatoms. The molecular formula is C22H29NO7. The third-order valence-electron chi connectivity index (χ3n) is 5.62.